The second-order valence-corrected chi connectivity index (χ2v) is 12.5. The number of thiazole rings is 1. The van der Waals surface area contributed by atoms with Gasteiger partial charge in [0.15, 0.2) is 0 Å². The lowest BCUT2D eigenvalue weighted by Gasteiger charge is -2.21. The molecule has 1 amide bonds. The summed E-state index contributed by atoms with van der Waals surface area (Å²) in [5.74, 6) is 0. The molecule has 2 aromatic rings. The number of aromatic nitrogens is 1. The van der Waals surface area contributed by atoms with Gasteiger partial charge >= 0.3 is 6.09 Å². The van der Waals surface area contributed by atoms with Crippen LogP contribution in [-0.4, -0.2) is 37.2 Å². The van der Waals surface area contributed by atoms with Crippen molar-refractivity contribution in [2.24, 2.45) is 0 Å². The average Bonchev–Trinajstić information content (AvgIpc) is 3.14. The van der Waals surface area contributed by atoms with Gasteiger partial charge in [-0.1, -0.05) is 19.4 Å². The van der Waals surface area contributed by atoms with E-state index in [2.05, 4.69) is 21.9 Å². The molecule has 0 spiro atoms. The normalized spacial score (nSPS) is 13.1. The van der Waals surface area contributed by atoms with E-state index in [1.165, 1.54) is 17.4 Å². The summed E-state index contributed by atoms with van der Waals surface area (Å²) >= 11 is 1.47. The van der Waals surface area contributed by atoms with Gasteiger partial charge in [-0.25, -0.2) is 22.9 Å². The molecule has 10 heteroatoms. The number of nitrogens with zero attached hydrogens (tertiary/aromatic N) is 1. The predicted octanol–water partition coefficient (Wildman–Crippen LogP) is 5.10. The van der Waals surface area contributed by atoms with Gasteiger partial charge in [0.25, 0.3) is 0 Å². The van der Waals surface area contributed by atoms with Crippen LogP contribution in [0.15, 0.2) is 29.3 Å². The average molecular weight is 511 g/mol. The van der Waals surface area contributed by atoms with Crippen molar-refractivity contribution in [2.75, 3.05) is 5.73 Å². The van der Waals surface area contributed by atoms with Gasteiger partial charge in [-0.15, -0.1) is 11.3 Å². The molecule has 1 unspecified atom stereocenters. The lowest BCUT2D eigenvalue weighted by atomic mass is 10.1. The Kier molecular flexibility index (Phi) is 9.90. The van der Waals surface area contributed by atoms with Crippen LogP contribution < -0.4 is 15.8 Å². The zero-order valence-electron chi connectivity index (χ0n) is 21.0. The Morgan fingerprint density at radius 3 is 2.56 bits per heavy atom. The van der Waals surface area contributed by atoms with E-state index in [0.29, 0.717) is 11.3 Å². The molecule has 0 fully saturated rings. The number of sulfonamides is 1. The topological polar surface area (TPSA) is 123 Å². The third-order valence-corrected chi connectivity index (χ3v) is 7.69. The van der Waals surface area contributed by atoms with Crippen molar-refractivity contribution in [2.45, 2.75) is 96.2 Å². The number of hydrogen-bond donors (Lipinski definition) is 3. The van der Waals surface area contributed by atoms with Crippen molar-refractivity contribution < 1.29 is 17.9 Å². The summed E-state index contributed by atoms with van der Waals surface area (Å²) < 4.78 is 34.0. The van der Waals surface area contributed by atoms with Crippen molar-refractivity contribution in [3.63, 3.8) is 0 Å². The minimum Gasteiger partial charge on any atom is -0.447 e. The van der Waals surface area contributed by atoms with Gasteiger partial charge in [0.2, 0.25) is 10.0 Å². The molecule has 0 saturated heterocycles. The number of nitrogens with two attached hydrogens (primary N) is 1. The molecule has 0 radical (unpaired) electrons. The molecule has 0 saturated carbocycles. The van der Waals surface area contributed by atoms with Gasteiger partial charge < -0.3 is 15.8 Å². The number of nitrogen functional groups attached to an aromatic ring is 1. The summed E-state index contributed by atoms with van der Waals surface area (Å²) in [6.45, 7) is 11.1. The SMILES string of the molecule is CCCC(CCCc1ncc(-c2ccc(N)cc2S(=O)(=O)NC(C)(C)C)s1)NC(=O)OC(C)C. The van der Waals surface area contributed by atoms with E-state index in [4.69, 9.17) is 10.5 Å². The highest BCUT2D eigenvalue weighted by Crippen LogP contribution is 2.34. The summed E-state index contributed by atoms with van der Waals surface area (Å²) in [5.41, 5.74) is 6.25. The molecule has 1 heterocycles. The fourth-order valence-corrected chi connectivity index (χ4v) is 6.26. The molecule has 2 rings (SSSR count). The molecule has 1 atom stereocenters. The monoisotopic (exact) mass is 510 g/mol. The van der Waals surface area contributed by atoms with Crippen molar-refractivity contribution in [1.29, 1.82) is 0 Å². The first-order valence-corrected chi connectivity index (χ1v) is 14.0. The van der Waals surface area contributed by atoms with E-state index in [0.717, 1.165) is 42.0 Å². The van der Waals surface area contributed by atoms with Crippen LogP contribution in [-0.2, 0) is 21.2 Å². The van der Waals surface area contributed by atoms with E-state index < -0.39 is 15.6 Å². The van der Waals surface area contributed by atoms with Crippen LogP contribution in [0.1, 0.15) is 72.2 Å². The fraction of sp³-hybridized carbons (Fsp3) is 0.583. The Morgan fingerprint density at radius 1 is 1.24 bits per heavy atom. The Hall–Kier alpha value is -2.17. The first kappa shape index (κ1) is 28.1. The molecule has 8 nitrogen and oxygen atoms in total. The maximum atomic E-state index is 13.0. The Balaban J connectivity index is 2.11. The second-order valence-electron chi connectivity index (χ2n) is 9.71. The number of alkyl carbamates (subject to hydrolysis) is 1. The summed E-state index contributed by atoms with van der Waals surface area (Å²) in [5, 5.41) is 3.87. The summed E-state index contributed by atoms with van der Waals surface area (Å²) in [6, 6.07) is 4.96. The van der Waals surface area contributed by atoms with Gasteiger partial charge in [0, 0.05) is 29.0 Å². The maximum Gasteiger partial charge on any atom is 0.407 e. The number of ether oxygens (including phenoxy) is 1. The minimum absolute atomic E-state index is 0.0491. The van der Waals surface area contributed by atoms with E-state index in [-0.39, 0.29) is 23.1 Å². The molecule has 0 aliphatic rings. The van der Waals surface area contributed by atoms with Crippen LogP contribution in [0.5, 0.6) is 0 Å². The number of nitrogens with one attached hydrogen (secondary N) is 2. The van der Waals surface area contributed by atoms with E-state index in [1.54, 1.807) is 39.1 Å². The van der Waals surface area contributed by atoms with E-state index >= 15 is 0 Å². The van der Waals surface area contributed by atoms with Crippen molar-refractivity contribution in [3.8, 4) is 10.4 Å². The lowest BCUT2D eigenvalue weighted by Crippen LogP contribution is -2.40. The van der Waals surface area contributed by atoms with Gasteiger partial charge in [0.05, 0.1) is 20.9 Å². The third kappa shape index (κ3) is 8.88. The second kappa shape index (κ2) is 12.0. The number of benzene rings is 1. The number of carbonyl (C=O) groups is 1. The molecule has 0 bridgehead atoms. The van der Waals surface area contributed by atoms with Gasteiger partial charge in [0.1, 0.15) is 0 Å². The maximum absolute atomic E-state index is 13.0. The van der Waals surface area contributed by atoms with E-state index in [1.807, 2.05) is 13.8 Å². The first-order valence-electron chi connectivity index (χ1n) is 11.7. The Morgan fingerprint density at radius 2 is 1.94 bits per heavy atom. The Labute approximate surface area is 207 Å². The molecular weight excluding hydrogens is 472 g/mol. The summed E-state index contributed by atoms with van der Waals surface area (Å²) in [7, 11) is -3.77. The van der Waals surface area contributed by atoms with Gasteiger partial charge in [-0.05, 0) is 72.4 Å². The lowest BCUT2D eigenvalue weighted by molar-refractivity contribution is 0.111. The quantitative estimate of drug-likeness (QED) is 0.362. The Bertz CT molecular complexity index is 1060. The first-order chi connectivity index (χ1) is 15.8. The van der Waals surface area contributed by atoms with Crippen LogP contribution in [0, 0.1) is 0 Å². The standard InChI is InChI=1S/C24H38N4O4S2/c1-7-9-18(27-23(29)32-16(2)3)10-8-11-22-26-15-20(33-22)19-13-12-17(25)14-21(19)34(30,31)28-24(4,5)6/h12-16,18,28H,7-11,25H2,1-6H3,(H,27,29). The molecule has 1 aromatic carbocycles. The predicted molar refractivity (Wildman–Crippen MR) is 138 cm³/mol. The highest BCUT2D eigenvalue weighted by atomic mass is 32.2. The number of amides is 1. The number of rotatable bonds is 11. The highest BCUT2D eigenvalue weighted by molar-refractivity contribution is 7.89. The number of hydrogen-bond acceptors (Lipinski definition) is 7. The fourth-order valence-electron chi connectivity index (χ4n) is 3.52. The van der Waals surface area contributed by atoms with E-state index in [9.17, 15) is 13.2 Å². The largest absolute Gasteiger partial charge is 0.447 e. The highest BCUT2D eigenvalue weighted by Gasteiger charge is 2.26. The molecule has 0 aliphatic heterocycles. The van der Waals surface area contributed by atoms with Crippen molar-refractivity contribution >= 4 is 33.1 Å². The molecular formula is C24H38N4O4S2. The van der Waals surface area contributed by atoms with Crippen molar-refractivity contribution in [3.05, 3.63) is 29.4 Å². The molecule has 4 N–H and O–H groups in total. The van der Waals surface area contributed by atoms with Gasteiger partial charge in [-0.3, -0.25) is 0 Å². The van der Waals surface area contributed by atoms with Crippen LogP contribution >= 0.6 is 11.3 Å². The zero-order chi connectivity index (χ0) is 25.5. The van der Waals surface area contributed by atoms with Crippen molar-refractivity contribution in [1.82, 2.24) is 15.0 Å². The molecule has 1 aromatic heterocycles. The van der Waals surface area contributed by atoms with Crippen LogP contribution in [0.4, 0.5) is 10.5 Å². The minimum atomic E-state index is -3.77. The van der Waals surface area contributed by atoms with Crippen LogP contribution in [0.25, 0.3) is 10.4 Å². The van der Waals surface area contributed by atoms with Crippen LogP contribution in [0.2, 0.25) is 0 Å². The number of anilines is 1. The van der Waals surface area contributed by atoms with Crippen LogP contribution in [0.3, 0.4) is 0 Å². The molecule has 0 aliphatic carbocycles. The number of aryl methyl sites for hydroxylation is 1. The van der Waals surface area contributed by atoms with Gasteiger partial charge in [-0.2, -0.15) is 0 Å². The smallest absolute Gasteiger partial charge is 0.407 e. The molecule has 34 heavy (non-hydrogen) atoms. The summed E-state index contributed by atoms with van der Waals surface area (Å²) in [4.78, 5) is 17.4. The summed E-state index contributed by atoms with van der Waals surface area (Å²) in [6.07, 6.45) is 5.41. The number of carbonyl (C=O) groups excluding carboxylic acids is 1. The molecule has 190 valence electrons. The third-order valence-electron chi connectivity index (χ3n) is 4.80. The zero-order valence-corrected chi connectivity index (χ0v) is 22.6.